The third kappa shape index (κ3) is 2.39. The van der Waals surface area contributed by atoms with E-state index in [1.54, 1.807) is 0 Å². The second-order valence-electron chi connectivity index (χ2n) is 5.16. The van der Waals surface area contributed by atoms with Crippen molar-refractivity contribution in [1.29, 1.82) is 5.26 Å². The van der Waals surface area contributed by atoms with Gasteiger partial charge in [-0.05, 0) is 37.3 Å². The highest BCUT2D eigenvalue weighted by molar-refractivity contribution is 5.79. The molecule has 5 nitrogen and oxygen atoms in total. The van der Waals surface area contributed by atoms with Crippen molar-refractivity contribution >= 4 is 11.7 Å². The molecule has 3 rings (SSSR count). The minimum Gasteiger partial charge on any atom is -0.364 e. The maximum absolute atomic E-state index is 11.2. The summed E-state index contributed by atoms with van der Waals surface area (Å²) >= 11 is 0. The van der Waals surface area contributed by atoms with Crippen LogP contribution in [0.1, 0.15) is 36.1 Å². The molecular formula is C14H16N4O. The molecule has 98 valence electrons. The van der Waals surface area contributed by atoms with Gasteiger partial charge in [0.2, 0.25) is 5.91 Å². The van der Waals surface area contributed by atoms with Crippen molar-refractivity contribution in [1.82, 2.24) is 10.3 Å². The molecule has 0 saturated carbocycles. The Morgan fingerprint density at radius 3 is 3.00 bits per heavy atom. The summed E-state index contributed by atoms with van der Waals surface area (Å²) < 4.78 is 0. The molecule has 2 heterocycles. The smallest absolute Gasteiger partial charge is 0.222 e. The van der Waals surface area contributed by atoms with Gasteiger partial charge in [-0.2, -0.15) is 5.26 Å². The minimum atomic E-state index is 0.0359. The predicted molar refractivity (Wildman–Crippen MR) is 70.6 cm³/mol. The fourth-order valence-electron chi connectivity index (χ4n) is 2.73. The number of anilines is 1. The summed E-state index contributed by atoms with van der Waals surface area (Å²) in [5, 5.41) is 15.2. The van der Waals surface area contributed by atoms with E-state index in [4.69, 9.17) is 0 Å². The van der Waals surface area contributed by atoms with Gasteiger partial charge >= 0.3 is 0 Å². The molecule has 1 aromatic heterocycles. The molecule has 0 spiro atoms. The van der Waals surface area contributed by atoms with Crippen molar-refractivity contribution in [2.24, 2.45) is 0 Å². The van der Waals surface area contributed by atoms with E-state index in [1.165, 1.54) is 12.0 Å². The van der Waals surface area contributed by atoms with E-state index < -0.39 is 0 Å². The first-order chi connectivity index (χ1) is 9.26. The number of nitrogens with zero attached hydrogens (tertiary/aromatic N) is 2. The number of rotatable bonds is 2. The topological polar surface area (TPSA) is 77.8 Å². The number of carbonyl (C=O) groups is 1. The second kappa shape index (κ2) is 4.88. The first-order valence-corrected chi connectivity index (χ1v) is 6.72. The van der Waals surface area contributed by atoms with Gasteiger partial charge < -0.3 is 10.6 Å². The number of pyridine rings is 1. The molecule has 5 heteroatoms. The Morgan fingerprint density at radius 2 is 2.26 bits per heavy atom. The van der Waals surface area contributed by atoms with E-state index in [0.29, 0.717) is 24.3 Å². The zero-order chi connectivity index (χ0) is 13.2. The lowest BCUT2D eigenvalue weighted by Gasteiger charge is -2.19. The zero-order valence-electron chi connectivity index (χ0n) is 10.7. The molecule has 0 radical (unpaired) electrons. The molecule has 2 aliphatic rings. The number of hydrogen-bond acceptors (Lipinski definition) is 4. The quantitative estimate of drug-likeness (QED) is 0.831. The molecule has 1 aliphatic carbocycles. The van der Waals surface area contributed by atoms with Gasteiger partial charge in [-0.1, -0.05) is 0 Å². The standard InChI is InChI=1S/C14H16N4O/c15-7-10-5-9-3-1-2-4-12(9)18-14(10)17-11-6-13(19)16-8-11/h5,11H,1-4,6,8H2,(H,16,19)(H,17,18). The van der Waals surface area contributed by atoms with Crippen molar-refractivity contribution in [3.8, 4) is 6.07 Å². The third-order valence-corrected chi connectivity index (χ3v) is 3.74. The summed E-state index contributed by atoms with van der Waals surface area (Å²) in [7, 11) is 0. The first-order valence-electron chi connectivity index (χ1n) is 6.72. The van der Waals surface area contributed by atoms with Crippen molar-refractivity contribution in [2.45, 2.75) is 38.1 Å². The molecule has 1 aliphatic heterocycles. The number of nitriles is 1. The van der Waals surface area contributed by atoms with Gasteiger partial charge in [0.15, 0.2) is 0 Å². The number of nitrogens with one attached hydrogen (secondary N) is 2. The molecule has 1 saturated heterocycles. The van der Waals surface area contributed by atoms with Gasteiger partial charge in [0.1, 0.15) is 11.9 Å². The van der Waals surface area contributed by atoms with Crippen molar-refractivity contribution in [3.05, 3.63) is 22.9 Å². The van der Waals surface area contributed by atoms with Crippen LogP contribution in [0.25, 0.3) is 0 Å². The van der Waals surface area contributed by atoms with Gasteiger partial charge in [-0.15, -0.1) is 0 Å². The zero-order valence-corrected chi connectivity index (χ0v) is 10.7. The molecule has 2 N–H and O–H groups in total. The SMILES string of the molecule is N#Cc1cc2c(nc1NC1CNC(=O)C1)CCCC2. The molecule has 1 aromatic rings. The summed E-state index contributed by atoms with van der Waals surface area (Å²) in [5.41, 5.74) is 2.89. The summed E-state index contributed by atoms with van der Waals surface area (Å²) in [5.74, 6) is 0.679. The molecule has 1 atom stereocenters. The van der Waals surface area contributed by atoms with Crippen LogP contribution in [0.3, 0.4) is 0 Å². The molecule has 0 bridgehead atoms. The van der Waals surface area contributed by atoms with Crippen LogP contribution in [-0.2, 0) is 17.6 Å². The average Bonchev–Trinajstić information content (AvgIpc) is 2.83. The average molecular weight is 256 g/mol. The fourth-order valence-corrected chi connectivity index (χ4v) is 2.73. The van der Waals surface area contributed by atoms with Crippen LogP contribution >= 0.6 is 0 Å². The molecule has 1 unspecified atom stereocenters. The normalized spacial score (nSPS) is 21.4. The molecule has 0 aromatic carbocycles. The van der Waals surface area contributed by atoms with Crippen molar-refractivity contribution < 1.29 is 4.79 Å². The highest BCUT2D eigenvalue weighted by atomic mass is 16.1. The maximum Gasteiger partial charge on any atom is 0.222 e. The van der Waals surface area contributed by atoms with Gasteiger partial charge in [0.25, 0.3) is 0 Å². The summed E-state index contributed by atoms with van der Waals surface area (Å²) in [6.07, 6.45) is 4.78. The van der Waals surface area contributed by atoms with E-state index in [-0.39, 0.29) is 11.9 Å². The van der Waals surface area contributed by atoms with Gasteiger partial charge in [-0.25, -0.2) is 4.98 Å². The van der Waals surface area contributed by atoms with Crippen molar-refractivity contribution in [3.63, 3.8) is 0 Å². The number of amides is 1. The Hall–Kier alpha value is -2.09. The van der Waals surface area contributed by atoms with Gasteiger partial charge in [0.05, 0.1) is 11.6 Å². The van der Waals surface area contributed by atoms with Crippen LogP contribution in [0.15, 0.2) is 6.07 Å². The van der Waals surface area contributed by atoms with E-state index >= 15 is 0 Å². The molecule has 1 amide bonds. The number of aryl methyl sites for hydroxylation is 2. The van der Waals surface area contributed by atoms with Crippen LogP contribution < -0.4 is 10.6 Å². The maximum atomic E-state index is 11.2. The lowest BCUT2D eigenvalue weighted by Crippen LogP contribution is -2.24. The highest BCUT2D eigenvalue weighted by Gasteiger charge is 2.23. The second-order valence-corrected chi connectivity index (χ2v) is 5.16. The number of hydrogen-bond donors (Lipinski definition) is 2. The minimum absolute atomic E-state index is 0.0359. The number of carbonyl (C=O) groups excluding carboxylic acids is 1. The highest BCUT2D eigenvalue weighted by Crippen LogP contribution is 2.25. The molecular weight excluding hydrogens is 240 g/mol. The monoisotopic (exact) mass is 256 g/mol. The number of fused-ring (bicyclic) bond motifs is 1. The number of aromatic nitrogens is 1. The Balaban J connectivity index is 1.87. The molecule has 1 fully saturated rings. The summed E-state index contributed by atoms with van der Waals surface area (Å²) in [4.78, 5) is 15.8. The van der Waals surface area contributed by atoms with Crippen molar-refractivity contribution in [2.75, 3.05) is 11.9 Å². The Morgan fingerprint density at radius 1 is 1.42 bits per heavy atom. The summed E-state index contributed by atoms with van der Waals surface area (Å²) in [6.45, 7) is 0.600. The Kier molecular flexibility index (Phi) is 3.08. The molecule has 19 heavy (non-hydrogen) atoms. The van der Waals surface area contributed by atoms with Crippen LogP contribution in [0.4, 0.5) is 5.82 Å². The third-order valence-electron chi connectivity index (χ3n) is 3.74. The largest absolute Gasteiger partial charge is 0.364 e. The van der Waals surface area contributed by atoms with Crippen LogP contribution in [0.2, 0.25) is 0 Å². The van der Waals surface area contributed by atoms with E-state index in [2.05, 4.69) is 21.7 Å². The van der Waals surface area contributed by atoms with E-state index in [1.807, 2.05) is 6.07 Å². The van der Waals surface area contributed by atoms with Crippen LogP contribution in [0.5, 0.6) is 0 Å². The van der Waals surface area contributed by atoms with E-state index in [0.717, 1.165) is 25.0 Å². The fraction of sp³-hybridized carbons (Fsp3) is 0.500. The van der Waals surface area contributed by atoms with Gasteiger partial charge in [0, 0.05) is 18.7 Å². The Bertz CT molecular complexity index is 561. The lowest BCUT2D eigenvalue weighted by molar-refractivity contribution is -0.119. The lowest BCUT2D eigenvalue weighted by atomic mass is 9.95. The van der Waals surface area contributed by atoms with Crippen LogP contribution in [0, 0.1) is 11.3 Å². The van der Waals surface area contributed by atoms with E-state index in [9.17, 15) is 10.1 Å². The summed E-state index contributed by atoms with van der Waals surface area (Å²) in [6, 6.07) is 4.19. The first kappa shape index (κ1) is 12.0. The predicted octanol–water partition coefficient (Wildman–Crippen LogP) is 1.13. The Labute approximate surface area is 112 Å². The van der Waals surface area contributed by atoms with Gasteiger partial charge in [-0.3, -0.25) is 4.79 Å². The van der Waals surface area contributed by atoms with Crippen LogP contribution in [-0.4, -0.2) is 23.5 Å².